The molecule has 0 aliphatic rings. The molecule has 0 spiro atoms. The van der Waals surface area contributed by atoms with E-state index in [9.17, 15) is 0 Å². The Labute approximate surface area is 95.7 Å². The third kappa shape index (κ3) is 1.94. The van der Waals surface area contributed by atoms with Gasteiger partial charge in [0.25, 0.3) is 0 Å². The van der Waals surface area contributed by atoms with Gasteiger partial charge in [-0.25, -0.2) is 4.98 Å². The number of imidazole rings is 1. The number of aromatic nitrogens is 2. The first kappa shape index (κ1) is 10.7. The molecule has 0 aliphatic carbocycles. The van der Waals surface area contributed by atoms with E-state index in [2.05, 4.69) is 23.8 Å². The van der Waals surface area contributed by atoms with E-state index in [1.807, 2.05) is 24.3 Å². The van der Waals surface area contributed by atoms with Crippen LogP contribution in [-0.2, 0) is 12.8 Å². The van der Waals surface area contributed by atoms with Crippen LogP contribution in [0.1, 0.15) is 25.2 Å². The average molecular weight is 215 g/mol. The maximum absolute atomic E-state index is 5.66. The first-order valence-corrected chi connectivity index (χ1v) is 5.68. The predicted octanol–water partition coefficient (Wildman–Crippen LogP) is 2.78. The molecule has 84 valence electrons. The summed E-state index contributed by atoms with van der Waals surface area (Å²) < 4.78 is 0. The van der Waals surface area contributed by atoms with E-state index in [0.29, 0.717) is 0 Å². The van der Waals surface area contributed by atoms with E-state index < -0.39 is 0 Å². The van der Waals surface area contributed by atoms with E-state index >= 15 is 0 Å². The Morgan fingerprint density at radius 3 is 2.31 bits per heavy atom. The number of hydrogen-bond donors (Lipinski definition) is 2. The van der Waals surface area contributed by atoms with Gasteiger partial charge in [-0.3, -0.25) is 0 Å². The van der Waals surface area contributed by atoms with E-state index in [1.165, 1.54) is 5.69 Å². The second-order valence-electron chi connectivity index (χ2n) is 3.84. The van der Waals surface area contributed by atoms with Crippen molar-refractivity contribution in [3.63, 3.8) is 0 Å². The van der Waals surface area contributed by atoms with Crippen LogP contribution in [0.4, 0.5) is 5.69 Å². The molecular formula is C13H17N3. The number of nitrogens with zero attached hydrogens (tertiary/aromatic N) is 1. The summed E-state index contributed by atoms with van der Waals surface area (Å²) in [6, 6.07) is 7.78. The van der Waals surface area contributed by atoms with Crippen LogP contribution in [0.25, 0.3) is 11.4 Å². The number of nitrogen functional groups attached to an aromatic ring is 1. The molecule has 3 heteroatoms. The Balaban J connectivity index is 2.40. The van der Waals surface area contributed by atoms with Crippen LogP contribution in [-0.4, -0.2) is 9.97 Å². The third-order valence-electron chi connectivity index (χ3n) is 2.74. The first-order valence-electron chi connectivity index (χ1n) is 5.68. The van der Waals surface area contributed by atoms with E-state index in [-0.39, 0.29) is 0 Å². The molecule has 0 saturated heterocycles. The van der Waals surface area contributed by atoms with Crippen LogP contribution >= 0.6 is 0 Å². The van der Waals surface area contributed by atoms with Crippen molar-refractivity contribution in [2.24, 2.45) is 0 Å². The fraction of sp³-hybridized carbons (Fsp3) is 0.308. The lowest BCUT2D eigenvalue weighted by molar-refractivity contribution is 0.979. The monoisotopic (exact) mass is 215 g/mol. The van der Waals surface area contributed by atoms with Gasteiger partial charge in [0.2, 0.25) is 0 Å². The number of aromatic amines is 1. The van der Waals surface area contributed by atoms with Crippen molar-refractivity contribution < 1.29 is 0 Å². The predicted molar refractivity (Wildman–Crippen MR) is 67.2 cm³/mol. The second-order valence-corrected chi connectivity index (χ2v) is 3.84. The fourth-order valence-corrected chi connectivity index (χ4v) is 1.81. The molecular weight excluding hydrogens is 198 g/mol. The molecule has 3 nitrogen and oxygen atoms in total. The number of hydrogen-bond acceptors (Lipinski definition) is 2. The fourth-order valence-electron chi connectivity index (χ4n) is 1.81. The standard InChI is InChI=1S/C13H17N3/c1-3-11-12(4-2)16-13(15-11)9-5-7-10(14)8-6-9/h5-8H,3-4,14H2,1-2H3,(H,15,16). The van der Waals surface area contributed by atoms with Gasteiger partial charge in [-0.15, -0.1) is 0 Å². The number of anilines is 1. The minimum Gasteiger partial charge on any atom is -0.399 e. The highest BCUT2D eigenvalue weighted by atomic mass is 14.9. The Morgan fingerprint density at radius 1 is 1.12 bits per heavy atom. The zero-order valence-corrected chi connectivity index (χ0v) is 9.75. The molecule has 0 aliphatic heterocycles. The summed E-state index contributed by atoms with van der Waals surface area (Å²) in [5.74, 6) is 0.939. The Hall–Kier alpha value is -1.77. The van der Waals surface area contributed by atoms with Crippen molar-refractivity contribution in [3.8, 4) is 11.4 Å². The second kappa shape index (κ2) is 4.39. The molecule has 16 heavy (non-hydrogen) atoms. The van der Waals surface area contributed by atoms with Crippen molar-refractivity contribution >= 4 is 5.69 Å². The average Bonchev–Trinajstić information content (AvgIpc) is 2.73. The maximum Gasteiger partial charge on any atom is 0.137 e. The molecule has 2 rings (SSSR count). The van der Waals surface area contributed by atoms with Crippen LogP contribution in [0.2, 0.25) is 0 Å². The minimum absolute atomic E-state index is 0.779. The summed E-state index contributed by atoms with van der Waals surface area (Å²) in [5, 5.41) is 0. The van der Waals surface area contributed by atoms with Gasteiger partial charge in [-0.1, -0.05) is 13.8 Å². The molecule has 3 N–H and O–H groups in total. The number of nitrogens with one attached hydrogen (secondary N) is 1. The van der Waals surface area contributed by atoms with Gasteiger partial charge in [0.15, 0.2) is 0 Å². The number of benzene rings is 1. The molecule has 1 heterocycles. The molecule has 2 aromatic rings. The van der Waals surface area contributed by atoms with E-state index in [4.69, 9.17) is 5.73 Å². The number of H-pyrrole nitrogens is 1. The molecule has 0 bridgehead atoms. The number of nitrogens with two attached hydrogens (primary N) is 1. The van der Waals surface area contributed by atoms with Crippen LogP contribution in [0.5, 0.6) is 0 Å². The Kier molecular flexibility index (Phi) is 2.95. The number of rotatable bonds is 3. The molecule has 0 amide bonds. The van der Waals surface area contributed by atoms with E-state index in [0.717, 1.165) is 35.6 Å². The summed E-state index contributed by atoms with van der Waals surface area (Å²) in [4.78, 5) is 7.97. The van der Waals surface area contributed by atoms with Crippen molar-refractivity contribution in [1.29, 1.82) is 0 Å². The van der Waals surface area contributed by atoms with Crippen molar-refractivity contribution in [3.05, 3.63) is 35.7 Å². The SMILES string of the molecule is CCc1nc(-c2ccc(N)cc2)[nH]c1CC. The highest BCUT2D eigenvalue weighted by molar-refractivity contribution is 5.59. The van der Waals surface area contributed by atoms with Gasteiger partial charge in [-0.05, 0) is 37.1 Å². The summed E-state index contributed by atoms with van der Waals surface area (Å²) in [7, 11) is 0. The van der Waals surface area contributed by atoms with Gasteiger partial charge >= 0.3 is 0 Å². The maximum atomic E-state index is 5.66. The van der Waals surface area contributed by atoms with Crippen molar-refractivity contribution in [2.45, 2.75) is 26.7 Å². The molecule has 0 unspecified atom stereocenters. The summed E-state index contributed by atoms with van der Waals surface area (Å²) in [5.41, 5.74) is 9.92. The van der Waals surface area contributed by atoms with Gasteiger partial charge < -0.3 is 10.7 Å². The smallest absolute Gasteiger partial charge is 0.137 e. The van der Waals surface area contributed by atoms with E-state index in [1.54, 1.807) is 0 Å². The Bertz CT molecular complexity index is 447. The minimum atomic E-state index is 0.779. The lowest BCUT2D eigenvalue weighted by Gasteiger charge is -1.97. The molecule has 1 aromatic heterocycles. The van der Waals surface area contributed by atoms with Crippen LogP contribution in [0, 0.1) is 0 Å². The van der Waals surface area contributed by atoms with Gasteiger partial charge in [-0.2, -0.15) is 0 Å². The molecule has 1 aromatic carbocycles. The van der Waals surface area contributed by atoms with Gasteiger partial charge in [0, 0.05) is 16.9 Å². The lowest BCUT2D eigenvalue weighted by Crippen LogP contribution is -1.87. The summed E-state index contributed by atoms with van der Waals surface area (Å²) in [6.07, 6.45) is 1.96. The topological polar surface area (TPSA) is 54.7 Å². The largest absolute Gasteiger partial charge is 0.399 e. The number of aryl methyl sites for hydroxylation is 2. The third-order valence-corrected chi connectivity index (χ3v) is 2.74. The van der Waals surface area contributed by atoms with Gasteiger partial charge in [0.05, 0.1) is 5.69 Å². The highest BCUT2D eigenvalue weighted by Crippen LogP contribution is 2.20. The van der Waals surface area contributed by atoms with Gasteiger partial charge in [0.1, 0.15) is 5.82 Å². The summed E-state index contributed by atoms with van der Waals surface area (Å²) in [6.45, 7) is 4.27. The molecule has 0 atom stereocenters. The lowest BCUT2D eigenvalue weighted by atomic mass is 10.2. The highest BCUT2D eigenvalue weighted by Gasteiger charge is 2.08. The normalized spacial score (nSPS) is 10.6. The van der Waals surface area contributed by atoms with Crippen LogP contribution in [0.3, 0.4) is 0 Å². The summed E-state index contributed by atoms with van der Waals surface area (Å²) >= 11 is 0. The van der Waals surface area contributed by atoms with Crippen molar-refractivity contribution in [2.75, 3.05) is 5.73 Å². The quantitative estimate of drug-likeness (QED) is 0.773. The van der Waals surface area contributed by atoms with Crippen LogP contribution < -0.4 is 5.73 Å². The molecule has 0 saturated carbocycles. The zero-order valence-electron chi connectivity index (χ0n) is 9.75. The van der Waals surface area contributed by atoms with Crippen LogP contribution in [0.15, 0.2) is 24.3 Å². The molecule has 0 radical (unpaired) electrons. The Morgan fingerprint density at radius 2 is 1.81 bits per heavy atom. The zero-order chi connectivity index (χ0) is 11.5. The van der Waals surface area contributed by atoms with Crippen molar-refractivity contribution in [1.82, 2.24) is 9.97 Å². The first-order chi connectivity index (χ1) is 7.74. The molecule has 0 fully saturated rings.